The first-order valence-electron chi connectivity index (χ1n) is 5.99. The molecule has 18 heavy (non-hydrogen) atoms. The number of halogens is 1. The molecule has 0 aliphatic carbocycles. The Labute approximate surface area is 107 Å². The van der Waals surface area contributed by atoms with Gasteiger partial charge >= 0.3 is 0 Å². The summed E-state index contributed by atoms with van der Waals surface area (Å²) in [6, 6.07) is 3.39. The maximum Gasteiger partial charge on any atom is 0.243 e. The van der Waals surface area contributed by atoms with E-state index in [9.17, 15) is 12.8 Å². The molecule has 2 N–H and O–H groups in total. The van der Waals surface area contributed by atoms with Crippen LogP contribution < -0.4 is 5.73 Å². The molecule has 4 nitrogen and oxygen atoms in total. The number of hydrogen-bond donors (Lipinski definition) is 1. The van der Waals surface area contributed by atoms with Crippen LogP contribution >= 0.6 is 0 Å². The van der Waals surface area contributed by atoms with Crippen LogP contribution in [0.15, 0.2) is 23.1 Å². The van der Waals surface area contributed by atoms with Crippen molar-refractivity contribution in [1.29, 1.82) is 0 Å². The molecule has 0 spiro atoms. The number of nitrogens with zero attached hydrogens (tertiary/aromatic N) is 1. The van der Waals surface area contributed by atoms with Gasteiger partial charge in [0.1, 0.15) is 5.82 Å². The first-order valence-corrected chi connectivity index (χ1v) is 7.43. The number of rotatable bonds is 2. The molecule has 0 saturated carbocycles. The van der Waals surface area contributed by atoms with Gasteiger partial charge in [0.25, 0.3) is 0 Å². The minimum absolute atomic E-state index is 0.0479. The van der Waals surface area contributed by atoms with Crippen molar-refractivity contribution in [2.24, 2.45) is 0 Å². The Bertz CT molecular complexity index is 525. The van der Waals surface area contributed by atoms with Crippen molar-refractivity contribution in [2.75, 3.05) is 12.3 Å². The molecule has 6 heteroatoms. The van der Waals surface area contributed by atoms with Gasteiger partial charge in [-0.05, 0) is 38.0 Å². The standard InChI is InChI=1S/C12H17FN2O2S/c1-9-4-2-3-5-15(9)18(16,17)12-7-10(13)6-11(14)8-12/h6-9H,2-5,14H2,1H3. The molecule has 1 fully saturated rings. The van der Waals surface area contributed by atoms with E-state index >= 15 is 0 Å². The van der Waals surface area contributed by atoms with Crippen molar-refractivity contribution in [3.8, 4) is 0 Å². The molecule has 0 aromatic heterocycles. The van der Waals surface area contributed by atoms with E-state index in [0.29, 0.717) is 6.54 Å². The molecule has 1 saturated heterocycles. The Balaban J connectivity index is 2.40. The summed E-state index contributed by atoms with van der Waals surface area (Å²) in [6.07, 6.45) is 2.71. The van der Waals surface area contributed by atoms with Crippen molar-refractivity contribution >= 4 is 15.7 Å². The van der Waals surface area contributed by atoms with Crippen LogP contribution in [0.5, 0.6) is 0 Å². The molecule has 1 aromatic rings. The van der Waals surface area contributed by atoms with Gasteiger partial charge in [0, 0.05) is 18.3 Å². The summed E-state index contributed by atoms with van der Waals surface area (Å²) in [7, 11) is -3.64. The van der Waals surface area contributed by atoms with Crippen LogP contribution in [0.1, 0.15) is 26.2 Å². The summed E-state index contributed by atoms with van der Waals surface area (Å²) < 4.78 is 39.5. The lowest BCUT2D eigenvalue weighted by Crippen LogP contribution is -2.41. The SMILES string of the molecule is CC1CCCCN1S(=O)(=O)c1cc(N)cc(F)c1. The molecule has 2 rings (SSSR count). The van der Waals surface area contributed by atoms with Crippen LogP contribution in [0.3, 0.4) is 0 Å². The van der Waals surface area contributed by atoms with Crippen molar-refractivity contribution in [2.45, 2.75) is 37.1 Å². The quantitative estimate of drug-likeness (QED) is 0.837. The molecule has 1 aliphatic heterocycles. The van der Waals surface area contributed by atoms with E-state index < -0.39 is 15.8 Å². The summed E-state index contributed by atoms with van der Waals surface area (Å²) in [4.78, 5) is -0.0613. The summed E-state index contributed by atoms with van der Waals surface area (Å²) in [5.41, 5.74) is 5.62. The van der Waals surface area contributed by atoms with Crippen molar-refractivity contribution in [3.05, 3.63) is 24.0 Å². The second-order valence-electron chi connectivity index (χ2n) is 4.68. The van der Waals surface area contributed by atoms with Crippen LogP contribution in [0, 0.1) is 5.82 Å². The zero-order valence-electron chi connectivity index (χ0n) is 10.3. The molecule has 1 aromatic carbocycles. The topological polar surface area (TPSA) is 63.4 Å². The lowest BCUT2D eigenvalue weighted by Gasteiger charge is -2.32. The molecule has 0 radical (unpaired) electrons. The maximum atomic E-state index is 13.3. The molecular formula is C12H17FN2O2S. The second-order valence-corrected chi connectivity index (χ2v) is 6.57. The average Bonchev–Trinajstić information content (AvgIpc) is 2.28. The normalized spacial score (nSPS) is 22.0. The van der Waals surface area contributed by atoms with Crippen LogP contribution in [0.2, 0.25) is 0 Å². The molecule has 0 bridgehead atoms. The largest absolute Gasteiger partial charge is 0.399 e. The van der Waals surface area contributed by atoms with Crippen molar-refractivity contribution in [3.63, 3.8) is 0 Å². The van der Waals surface area contributed by atoms with Gasteiger partial charge in [0.2, 0.25) is 10.0 Å². The van der Waals surface area contributed by atoms with Crippen molar-refractivity contribution < 1.29 is 12.8 Å². The predicted molar refractivity (Wildman–Crippen MR) is 68.0 cm³/mol. The highest BCUT2D eigenvalue weighted by molar-refractivity contribution is 7.89. The number of hydrogen-bond acceptors (Lipinski definition) is 3. The first kappa shape index (κ1) is 13.3. The Kier molecular flexibility index (Phi) is 3.59. The lowest BCUT2D eigenvalue weighted by molar-refractivity contribution is 0.268. The predicted octanol–water partition coefficient (Wildman–Crippen LogP) is 1.97. The highest BCUT2D eigenvalue weighted by Crippen LogP contribution is 2.26. The second kappa shape index (κ2) is 4.85. The van der Waals surface area contributed by atoms with Crippen LogP contribution in [0.25, 0.3) is 0 Å². The van der Waals surface area contributed by atoms with Crippen LogP contribution in [-0.4, -0.2) is 25.3 Å². The van der Waals surface area contributed by atoms with Gasteiger partial charge in [-0.25, -0.2) is 12.8 Å². The van der Waals surface area contributed by atoms with Gasteiger partial charge < -0.3 is 5.73 Å². The van der Waals surface area contributed by atoms with E-state index in [1.54, 1.807) is 0 Å². The van der Waals surface area contributed by atoms with Crippen LogP contribution in [0.4, 0.5) is 10.1 Å². The fourth-order valence-electron chi connectivity index (χ4n) is 2.30. The van der Waals surface area contributed by atoms with Gasteiger partial charge in [-0.3, -0.25) is 0 Å². The third kappa shape index (κ3) is 2.49. The Hall–Kier alpha value is -1.14. The van der Waals surface area contributed by atoms with Crippen molar-refractivity contribution in [1.82, 2.24) is 4.31 Å². The van der Waals surface area contributed by atoms with Gasteiger partial charge in [0.15, 0.2) is 0 Å². The Morgan fingerprint density at radius 1 is 1.33 bits per heavy atom. The average molecular weight is 272 g/mol. The Morgan fingerprint density at radius 3 is 2.67 bits per heavy atom. The first-order chi connectivity index (χ1) is 8.41. The Morgan fingerprint density at radius 2 is 2.06 bits per heavy atom. The number of anilines is 1. The number of nitrogen functional groups attached to an aromatic ring is 1. The third-order valence-corrected chi connectivity index (χ3v) is 5.23. The third-order valence-electron chi connectivity index (χ3n) is 3.24. The molecule has 1 atom stereocenters. The number of piperidine rings is 1. The zero-order valence-corrected chi connectivity index (χ0v) is 11.1. The van der Waals surface area contributed by atoms with E-state index in [-0.39, 0.29) is 16.6 Å². The molecule has 0 amide bonds. The number of sulfonamides is 1. The number of benzene rings is 1. The molecular weight excluding hydrogens is 255 g/mol. The minimum atomic E-state index is -3.64. The van der Waals surface area contributed by atoms with Gasteiger partial charge in [0.05, 0.1) is 4.90 Å². The molecule has 1 unspecified atom stereocenters. The van der Waals surface area contributed by atoms with Crippen LogP contribution in [-0.2, 0) is 10.0 Å². The van der Waals surface area contributed by atoms with E-state index in [2.05, 4.69) is 0 Å². The summed E-state index contributed by atoms with van der Waals surface area (Å²) in [5.74, 6) is -0.627. The lowest BCUT2D eigenvalue weighted by atomic mass is 10.1. The number of nitrogens with two attached hydrogens (primary N) is 1. The maximum absolute atomic E-state index is 13.3. The monoisotopic (exact) mass is 272 g/mol. The smallest absolute Gasteiger partial charge is 0.243 e. The summed E-state index contributed by atoms with van der Waals surface area (Å²) >= 11 is 0. The van der Waals surface area contributed by atoms with Gasteiger partial charge in [-0.1, -0.05) is 6.42 Å². The summed E-state index contributed by atoms with van der Waals surface area (Å²) in [6.45, 7) is 2.36. The highest BCUT2D eigenvalue weighted by atomic mass is 32.2. The van der Waals surface area contributed by atoms with E-state index in [1.165, 1.54) is 10.4 Å². The van der Waals surface area contributed by atoms with Gasteiger partial charge in [-0.15, -0.1) is 0 Å². The molecule has 1 aliphatic rings. The molecule has 1 heterocycles. The van der Waals surface area contributed by atoms with E-state index in [0.717, 1.165) is 31.4 Å². The van der Waals surface area contributed by atoms with E-state index in [1.807, 2.05) is 6.92 Å². The zero-order chi connectivity index (χ0) is 13.3. The fraction of sp³-hybridized carbons (Fsp3) is 0.500. The van der Waals surface area contributed by atoms with Gasteiger partial charge in [-0.2, -0.15) is 4.31 Å². The summed E-state index contributed by atoms with van der Waals surface area (Å²) in [5, 5.41) is 0. The van der Waals surface area contributed by atoms with E-state index in [4.69, 9.17) is 5.73 Å². The fourth-order valence-corrected chi connectivity index (χ4v) is 4.06. The minimum Gasteiger partial charge on any atom is -0.399 e. The molecule has 100 valence electrons. The highest BCUT2D eigenvalue weighted by Gasteiger charge is 2.31.